The average Bonchev–Trinajstić information content (AvgIpc) is 1.80. The van der Waals surface area contributed by atoms with Gasteiger partial charge in [0.2, 0.25) is 0 Å². The van der Waals surface area contributed by atoms with Crippen molar-refractivity contribution in [2.24, 2.45) is 10.8 Å². The van der Waals surface area contributed by atoms with Gasteiger partial charge in [-0.25, -0.2) is 4.39 Å². The van der Waals surface area contributed by atoms with Crippen molar-refractivity contribution >= 4 is 0 Å². The van der Waals surface area contributed by atoms with Crippen LogP contribution in [0, 0.1) is 10.8 Å². The Kier molecular flexibility index (Phi) is 3.11. The molecule has 0 saturated heterocycles. The molecule has 0 aliphatic rings. The van der Waals surface area contributed by atoms with E-state index in [9.17, 15) is 4.39 Å². The van der Waals surface area contributed by atoms with Gasteiger partial charge in [-0.3, -0.25) is 0 Å². The summed E-state index contributed by atoms with van der Waals surface area (Å²) < 4.78 is 13.7. The zero-order chi connectivity index (χ0) is 10.2. The van der Waals surface area contributed by atoms with Crippen LogP contribution in [0.1, 0.15) is 48.5 Å². The number of rotatable bonds is 0. The zero-order valence-electron chi connectivity index (χ0n) is 9.38. The van der Waals surface area contributed by atoms with E-state index in [1.54, 1.807) is 0 Å². The third kappa shape index (κ3) is 2.96. The molecular weight excluding hydrogens is 151 g/mol. The Hall–Kier alpha value is -0.330. The quantitative estimate of drug-likeness (QED) is 0.510. The van der Waals surface area contributed by atoms with Crippen molar-refractivity contribution in [1.29, 1.82) is 0 Å². The smallest absolute Gasteiger partial charge is 0.105 e. The fraction of sp³-hybridized carbons (Fsp3) is 0.818. The second-order valence-corrected chi connectivity index (χ2v) is 5.44. The van der Waals surface area contributed by atoms with Gasteiger partial charge in [0.15, 0.2) is 0 Å². The molecule has 0 spiro atoms. The Balaban J connectivity index is 4.96. The first-order chi connectivity index (χ1) is 5.07. The summed E-state index contributed by atoms with van der Waals surface area (Å²) in [7, 11) is 0. The molecule has 0 unspecified atom stereocenters. The Morgan fingerprint density at radius 2 is 1.17 bits per heavy atom. The minimum Gasteiger partial charge on any atom is -0.211 e. The molecule has 0 aromatic rings. The van der Waals surface area contributed by atoms with Crippen LogP contribution in [0.2, 0.25) is 0 Å². The van der Waals surface area contributed by atoms with Crippen molar-refractivity contribution in [3.63, 3.8) is 0 Å². The summed E-state index contributed by atoms with van der Waals surface area (Å²) in [6, 6.07) is 0. The van der Waals surface area contributed by atoms with Gasteiger partial charge in [0.05, 0.1) is 0 Å². The van der Waals surface area contributed by atoms with E-state index >= 15 is 0 Å². The Bertz CT molecular complexity index is 164. The van der Waals surface area contributed by atoms with Gasteiger partial charge in [0.1, 0.15) is 5.83 Å². The maximum atomic E-state index is 13.7. The van der Waals surface area contributed by atoms with E-state index in [-0.39, 0.29) is 16.7 Å². The molecular formula is C11H21F. The molecule has 0 fully saturated rings. The standard InChI is InChI=1S/C11H21F/c1-8(10(2,3)4)9(12)11(5,6)7/h1-7H3/b9-8-. The molecule has 0 heterocycles. The summed E-state index contributed by atoms with van der Waals surface area (Å²) in [4.78, 5) is 0. The topological polar surface area (TPSA) is 0 Å². The number of halogens is 1. The predicted molar refractivity (Wildman–Crippen MR) is 52.7 cm³/mol. The van der Waals surface area contributed by atoms with Crippen LogP contribution >= 0.6 is 0 Å². The van der Waals surface area contributed by atoms with Crippen LogP contribution in [0.3, 0.4) is 0 Å². The van der Waals surface area contributed by atoms with E-state index in [0.717, 1.165) is 5.57 Å². The highest BCUT2D eigenvalue weighted by molar-refractivity contribution is 5.17. The zero-order valence-corrected chi connectivity index (χ0v) is 9.38. The van der Waals surface area contributed by atoms with Crippen LogP contribution in [0.5, 0.6) is 0 Å². The second-order valence-electron chi connectivity index (χ2n) is 5.44. The fourth-order valence-electron chi connectivity index (χ4n) is 0.892. The molecule has 0 nitrogen and oxygen atoms in total. The van der Waals surface area contributed by atoms with Gasteiger partial charge in [0, 0.05) is 5.41 Å². The van der Waals surface area contributed by atoms with Crippen LogP contribution < -0.4 is 0 Å². The summed E-state index contributed by atoms with van der Waals surface area (Å²) in [5.74, 6) is 0.0231. The van der Waals surface area contributed by atoms with Gasteiger partial charge in [-0.15, -0.1) is 0 Å². The SMILES string of the molecule is C/C(=C(/F)C(C)(C)C)C(C)(C)C. The highest BCUT2D eigenvalue weighted by Crippen LogP contribution is 2.36. The highest BCUT2D eigenvalue weighted by Gasteiger charge is 2.25. The second kappa shape index (κ2) is 3.20. The summed E-state index contributed by atoms with van der Waals surface area (Å²) in [5, 5.41) is 0. The Labute approximate surface area is 75.9 Å². The molecule has 0 aromatic heterocycles. The van der Waals surface area contributed by atoms with Crippen molar-refractivity contribution in [2.45, 2.75) is 48.5 Å². The van der Waals surface area contributed by atoms with Crippen molar-refractivity contribution in [3.05, 3.63) is 11.4 Å². The molecule has 0 rings (SSSR count). The van der Waals surface area contributed by atoms with Gasteiger partial charge >= 0.3 is 0 Å². The molecule has 0 aliphatic heterocycles. The lowest BCUT2D eigenvalue weighted by Crippen LogP contribution is -2.15. The number of allylic oxidation sites excluding steroid dienone is 2. The number of hydrogen-bond donors (Lipinski definition) is 0. The first-order valence-electron chi connectivity index (χ1n) is 4.44. The van der Waals surface area contributed by atoms with Crippen molar-refractivity contribution in [2.75, 3.05) is 0 Å². The minimum absolute atomic E-state index is 0.0231. The van der Waals surface area contributed by atoms with Gasteiger partial charge in [-0.05, 0) is 17.9 Å². The molecule has 12 heavy (non-hydrogen) atoms. The van der Waals surface area contributed by atoms with Crippen LogP contribution in [0.4, 0.5) is 4.39 Å². The van der Waals surface area contributed by atoms with E-state index in [0.29, 0.717) is 0 Å². The van der Waals surface area contributed by atoms with Crippen LogP contribution in [0.15, 0.2) is 11.4 Å². The summed E-state index contributed by atoms with van der Waals surface area (Å²) in [6.07, 6.45) is 0. The lowest BCUT2D eigenvalue weighted by atomic mass is 9.81. The maximum Gasteiger partial charge on any atom is 0.105 e. The van der Waals surface area contributed by atoms with E-state index in [4.69, 9.17) is 0 Å². The van der Waals surface area contributed by atoms with Crippen molar-refractivity contribution < 1.29 is 4.39 Å². The molecule has 0 atom stereocenters. The fourth-order valence-corrected chi connectivity index (χ4v) is 0.892. The molecule has 0 radical (unpaired) electrons. The van der Waals surface area contributed by atoms with Gasteiger partial charge in [0.25, 0.3) is 0 Å². The molecule has 0 amide bonds. The first-order valence-corrected chi connectivity index (χ1v) is 4.44. The molecule has 72 valence electrons. The predicted octanol–water partition coefficient (Wildman–Crippen LogP) is 4.32. The lowest BCUT2D eigenvalue weighted by molar-refractivity contribution is 0.350. The van der Waals surface area contributed by atoms with Gasteiger partial charge in [-0.1, -0.05) is 41.5 Å². The molecule has 0 aromatic carbocycles. The van der Waals surface area contributed by atoms with E-state index in [2.05, 4.69) is 0 Å². The lowest BCUT2D eigenvalue weighted by Gasteiger charge is -2.26. The Morgan fingerprint density at radius 3 is 1.25 bits per heavy atom. The largest absolute Gasteiger partial charge is 0.211 e. The normalized spacial score (nSPS) is 16.0. The van der Waals surface area contributed by atoms with Crippen LogP contribution in [0.25, 0.3) is 0 Å². The van der Waals surface area contributed by atoms with E-state index < -0.39 is 0 Å². The molecule has 1 heteroatoms. The molecule has 0 N–H and O–H groups in total. The third-order valence-electron chi connectivity index (χ3n) is 2.11. The van der Waals surface area contributed by atoms with E-state index in [1.165, 1.54) is 0 Å². The van der Waals surface area contributed by atoms with Crippen molar-refractivity contribution in [1.82, 2.24) is 0 Å². The summed E-state index contributed by atoms with van der Waals surface area (Å²) >= 11 is 0. The number of hydrogen-bond acceptors (Lipinski definition) is 0. The van der Waals surface area contributed by atoms with Crippen LogP contribution in [-0.2, 0) is 0 Å². The van der Waals surface area contributed by atoms with Gasteiger partial charge in [-0.2, -0.15) is 0 Å². The van der Waals surface area contributed by atoms with E-state index in [1.807, 2.05) is 48.5 Å². The minimum atomic E-state index is -0.350. The molecule has 0 aliphatic carbocycles. The Morgan fingerprint density at radius 1 is 0.833 bits per heavy atom. The van der Waals surface area contributed by atoms with Gasteiger partial charge < -0.3 is 0 Å². The monoisotopic (exact) mass is 172 g/mol. The summed E-state index contributed by atoms with van der Waals surface area (Å²) in [5.41, 5.74) is 0.448. The average molecular weight is 172 g/mol. The third-order valence-corrected chi connectivity index (χ3v) is 2.11. The van der Waals surface area contributed by atoms with Crippen molar-refractivity contribution in [3.8, 4) is 0 Å². The summed E-state index contributed by atoms with van der Waals surface area (Å²) in [6.45, 7) is 13.7. The highest BCUT2D eigenvalue weighted by atomic mass is 19.1. The van der Waals surface area contributed by atoms with Crippen LogP contribution in [-0.4, -0.2) is 0 Å². The first kappa shape index (κ1) is 11.7. The molecule has 0 saturated carbocycles. The molecule has 0 bridgehead atoms. The maximum absolute atomic E-state index is 13.7.